The van der Waals surface area contributed by atoms with E-state index in [1.807, 2.05) is 48.7 Å². The molecule has 1 aromatic carbocycles. The number of aromatic nitrogens is 2. The van der Waals surface area contributed by atoms with Crippen LogP contribution in [0, 0.1) is 13.8 Å². The average Bonchev–Trinajstić information content (AvgIpc) is 2.78. The van der Waals surface area contributed by atoms with Gasteiger partial charge in [-0.25, -0.2) is 0 Å². The van der Waals surface area contributed by atoms with Crippen LogP contribution in [0.3, 0.4) is 0 Å². The first-order chi connectivity index (χ1) is 11.0. The van der Waals surface area contributed by atoms with E-state index in [0.29, 0.717) is 26.1 Å². The van der Waals surface area contributed by atoms with Gasteiger partial charge in [-0.15, -0.1) is 24.8 Å². The normalized spacial score (nSPS) is 9.92. The first-order valence-corrected chi connectivity index (χ1v) is 8.03. The van der Waals surface area contributed by atoms with E-state index in [4.69, 9.17) is 5.73 Å². The van der Waals surface area contributed by atoms with E-state index in [-0.39, 0.29) is 30.7 Å². The van der Waals surface area contributed by atoms with Gasteiger partial charge in [0.2, 0.25) is 5.91 Å². The highest BCUT2D eigenvalue weighted by Gasteiger charge is 2.18. The van der Waals surface area contributed by atoms with Crippen LogP contribution in [-0.2, 0) is 24.7 Å². The summed E-state index contributed by atoms with van der Waals surface area (Å²) in [5.41, 5.74) is 9.92. The molecule has 0 saturated heterocycles. The van der Waals surface area contributed by atoms with E-state index >= 15 is 0 Å². The Labute approximate surface area is 162 Å². The molecular weight excluding hydrogens is 359 g/mol. The van der Waals surface area contributed by atoms with Crippen LogP contribution < -0.4 is 5.73 Å². The molecule has 0 fully saturated rings. The minimum atomic E-state index is 0. The van der Waals surface area contributed by atoms with Gasteiger partial charge in [0, 0.05) is 37.9 Å². The van der Waals surface area contributed by atoms with Gasteiger partial charge in [0.1, 0.15) is 0 Å². The maximum atomic E-state index is 12.7. The van der Waals surface area contributed by atoms with Crippen LogP contribution >= 0.6 is 24.8 Å². The van der Waals surface area contributed by atoms with Crippen LogP contribution in [0.25, 0.3) is 0 Å². The molecule has 1 amide bonds. The summed E-state index contributed by atoms with van der Waals surface area (Å²) < 4.78 is 1.83. The second kappa shape index (κ2) is 11.1. The predicted octanol–water partition coefficient (Wildman–Crippen LogP) is 2.45. The smallest absolute Gasteiger partial charge is 0.227 e. The molecule has 0 atom stereocenters. The maximum absolute atomic E-state index is 12.7. The minimum absolute atomic E-state index is 0. The molecule has 7 heteroatoms. The third kappa shape index (κ3) is 6.34. The summed E-state index contributed by atoms with van der Waals surface area (Å²) in [6, 6.07) is 10.2. The van der Waals surface area contributed by atoms with Crippen molar-refractivity contribution in [2.24, 2.45) is 12.8 Å². The van der Waals surface area contributed by atoms with Crippen LogP contribution in [0.4, 0.5) is 0 Å². The quantitative estimate of drug-likeness (QED) is 0.794. The molecule has 0 spiro atoms. The maximum Gasteiger partial charge on any atom is 0.227 e. The first kappa shape index (κ1) is 23.4. The fraction of sp³-hybridized carbons (Fsp3) is 0.444. The molecule has 25 heavy (non-hydrogen) atoms. The van der Waals surface area contributed by atoms with Gasteiger partial charge < -0.3 is 10.6 Å². The van der Waals surface area contributed by atoms with Gasteiger partial charge in [-0.05, 0) is 25.8 Å². The zero-order chi connectivity index (χ0) is 16.8. The number of hydrogen-bond donors (Lipinski definition) is 1. The molecule has 2 N–H and O–H groups in total. The van der Waals surface area contributed by atoms with Gasteiger partial charge in [0.05, 0.1) is 12.1 Å². The molecule has 2 aromatic rings. The summed E-state index contributed by atoms with van der Waals surface area (Å²) in [7, 11) is 1.91. The van der Waals surface area contributed by atoms with Gasteiger partial charge >= 0.3 is 0 Å². The summed E-state index contributed by atoms with van der Waals surface area (Å²) >= 11 is 0. The first-order valence-electron chi connectivity index (χ1n) is 8.03. The van der Waals surface area contributed by atoms with Gasteiger partial charge in [0.25, 0.3) is 0 Å². The largest absolute Gasteiger partial charge is 0.341 e. The molecule has 1 heterocycles. The average molecular weight is 387 g/mol. The summed E-state index contributed by atoms with van der Waals surface area (Å²) in [6.07, 6.45) is 1.23. The number of amides is 1. The number of rotatable bonds is 7. The van der Waals surface area contributed by atoms with E-state index in [1.54, 1.807) is 0 Å². The fourth-order valence-electron chi connectivity index (χ4n) is 2.76. The highest BCUT2D eigenvalue weighted by molar-refractivity contribution is 5.85. The van der Waals surface area contributed by atoms with E-state index < -0.39 is 0 Å². The van der Waals surface area contributed by atoms with Crippen molar-refractivity contribution in [2.75, 3.05) is 19.6 Å². The Balaban J connectivity index is 0.00000288. The number of carbonyl (C=O) groups excluding carboxylic acids is 1. The lowest BCUT2D eigenvalue weighted by molar-refractivity contribution is -0.130. The highest BCUT2D eigenvalue weighted by Crippen LogP contribution is 2.14. The Morgan fingerprint density at radius 3 is 2.32 bits per heavy atom. The number of hydrogen-bond acceptors (Lipinski definition) is 3. The minimum Gasteiger partial charge on any atom is -0.341 e. The van der Waals surface area contributed by atoms with E-state index in [1.165, 1.54) is 5.56 Å². The van der Waals surface area contributed by atoms with Gasteiger partial charge in [-0.2, -0.15) is 5.10 Å². The lowest BCUT2D eigenvalue weighted by Crippen LogP contribution is -2.38. The Morgan fingerprint density at radius 1 is 1.16 bits per heavy atom. The molecule has 0 aliphatic heterocycles. The zero-order valence-electron chi connectivity index (χ0n) is 15.1. The van der Waals surface area contributed by atoms with Crippen LogP contribution in [0.1, 0.15) is 22.5 Å². The third-order valence-corrected chi connectivity index (χ3v) is 4.25. The van der Waals surface area contributed by atoms with Crippen LogP contribution in [0.2, 0.25) is 0 Å². The Hall–Kier alpha value is -1.56. The Kier molecular flexibility index (Phi) is 10.4. The van der Waals surface area contributed by atoms with E-state index in [9.17, 15) is 4.79 Å². The number of carbonyl (C=O) groups is 1. The van der Waals surface area contributed by atoms with Crippen LogP contribution in [0.5, 0.6) is 0 Å². The second-order valence-corrected chi connectivity index (χ2v) is 5.85. The van der Waals surface area contributed by atoms with Crippen LogP contribution in [-0.4, -0.2) is 40.2 Å². The van der Waals surface area contributed by atoms with Crippen molar-refractivity contribution >= 4 is 30.7 Å². The lowest BCUT2D eigenvalue weighted by atomic mass is 10.1. The van der Waals surface area contributed by atoms with Crippen molar-refractivity contribution < 1.29 is 4.79 Å². The van der Waals surface area contributed by atoms with E-state index in [0.717, 1.165) is 23.4 Å². The molecule has 0 aliphatic rings. The number of nitrogens with two attached hydrogens (primary N) is 1. The fourth-order valence-corrected chi connectivity index (χ4v) is 2.76. The van der Waals surface area contributed by atoms with Gasteiger partial charge in [-0.3, -0.25) is 9.48 Å². The predicted molar refractivity (Wildman–Crippen MR) is 107 cm³/mol. The second-order valence-electron chi connectivity index (χ2n) is 5.85. The SMILES string of the molecule is Cc1nn(C)c(C)c1CC(=O)N(CCN)CCc1ccccc1.Cl.Cl. The van der Waals surface area contributed by atoms with Crippen molar-refractivity contribution in [3.63, 3.8) is 0 Å². The molecule has 0 bridgehead atoms. The number of aryl methyl sites for hydroxylation is 2. The molecule has 140 valence electrons. The Bertz CT molecular complexity index is 659. The van der Waals surface area contributed by atoms with Crippen molar-refractivity contribution in [2.45, 2.75) is 26.7 Å². The zero-order valence-corrected chi connectivity index (χ0v) is 16.7. The number of nitrogens with zero attached hydrogens (tertiary/aromatic N) is 3. The molecule has 0 radical (unpaired) electrons. The van der Waals surface area contributed by atoms with Crippen molar-refractivity contribution in [1.29, 1.82) is 0 Å². The number of benzene rings is 1. The van der Waals surface area contributed by atoms with Gasteiger partial charge in [0.15, 0.2) is 0 Å². The standard InChI is InChI=1S/C18H26N4O.2ClH/c1-14-17(15(2)21(3)20-14)13-18(23)22(12-10-19)11-9-16-7-5-4-6-8-16;;/h4-8H,9-13,19H2,1-3H3;2*1H. The summed E-state index contributed by atoms with van der Waals surface area (Å²) in [6.45, 7) is 5.71. The van der Waals surface area contributed by atoms with Crippen molar-refractivity contribution in [3.05, 3.63) is 52.8 Å². The third-order valence-electron chi connectivity index (χ3n) is 4.25. The lowest BCUT2D eigenvalue weighted by Gasteiger charge is -2.22. The molecule has 2 rings (SSSR count). The summed E-state index contributed by atoms with van der Waals surface area (Å²) in [4.78, 5) is 14.5. The molecule has 0 saturated carbocycles. The topological polar surface area (TPSA) is 64.2 Å². The summed E-state index contributed by atoms with van der Waals surface area (Å²) in [5, 5.41) is 4.38. The number of halogens is 2. The monoisotopic (exact) mass is 386 g/mol. The highest BCUT2D eigenvalue weighted by atomic mass is 35.5. The molecule has 0 aliphatic carbocycles. The summed E-state index contributed by atoms with van der Waals surface area (Å²) in [5.74, 6) is 0.116. The van der Waals surface area contributed by atoms with Crippen molar-refractivity contribution in [1.82, 2.24) is 14.7 Å². The van der Waals surface area contributed by atoms with Crippen LogP contribution in [0.15, 0.2) is 30.3 Å². The molecule has 5 nitrogen and oxygen atoms in total. The van der Waals surface area contributed by atoms with Gasteiger partial charge in [-0.1, -0.05) is 30.3 Å². The van der Waals surface area contributed by atoms with E-state index in [2.05, 4.69) is 17.2 Å². The molecular formula is C18H28Cl2N4O. The molecule has 1 aromatic heterocycles. The molecule has 0 unspecified atom stereocenters. The Morgan fingerprint density at radius 2 is 1.80 bits per heavy atom. The van der Waals surface area contributed by atoms with Crippen molar-refractivity contribution in [3.8, 4) is 0 Å².